The number of rotatable bonds is 9. The lowest BCUT2D eigenvalue weighted by Gasteiger charge is -2.35. The second-order valence-corrected chi connectivity index (χ2v) is 13.0. The van der Waals surface area contributed by atoms with E-state index in [1.807, 2.05) is 60.7 Å². The smallest absolute Gasteiger partial charge is 0.308 e. The average molecular weight is 564 g/mol. The molecule has 3 heterocycles. The molecule has 4 aromatic rings. The number of methoxy groups -OCH3 is 1. The van der Waals surface area contributed by atoms with E-state index in [0.29, 0.717) is 29.2 Å². The maximum Gasteiger partial charge on any atom is 0.308 e. The summed E-state index contributed by atoms with van der Waals surface area (Å²) in [5, 5.41) is 0. The summed E-state index contributed by atoms with van der Waals surface area (Å²) in [7, 11) is -1.97. The number of carbonyl (C=O) groups excluding carboxylic acids is 1. The van der Waals surface area contributed by atoms with Crippen LogP contribution in [0.5, 0.6) is 5.75 Å². The second kappa shape index (κ2) is 11.6. The molecule has 1 saturated heterocycles. The molecule has 202 valence electrons. The van der Waals surface area contributed by atoms with Crippen LogP contribution in [0.15, 0.2) is 77.7 Å². The Balaban J connectivity index is 1.34. The van der Waals surface area contributed by atoms with Gasteiger partial charge in [-0.05, 0) is 59.9 Å². The van der Waals surface area contributed by atoms with Gasteiger partial charge in [0.25, 0.3) is 0 Å². The van der Waals surface area contributed by atoms with Crippen molar-refractivity contribution >= 4 is 39.3 Å². The summed E-state index contributed by atoms with van der Waals surface area (Å²) in [5.74, 6) is 0.930. The monoisotopic (exact) mass is 563 g/mol. The van der Waals surface area contributed by atoms with E-state index in [1.54, 1.807) is 25.4 Å². The zero-order chi connectivity index (χ0) is 27.3. The first-order valence-electron chi connectivity index (χ1n) is 12.7. The van der Waals surface area contributed by atoms with Crippen molar-refractivity contribution in [2.24, 2.45) is 0 Å². The predicted octanol–water partition coefficient (Wildman–Crippen LogP) is 6.51. The third-order valence-electron chi connectivity index (χ3n) is 6.97. The van der Waals surface area contributed by atoms with E-state index in [4.69, 9.17) is 13.9 Å². The molecule has 1 atom stereocenters. The Kier molecular flexibility index (Phi) is 7.99. The average Bonchev–Trinajstić information content (AvgIpc) is 3.66. The molecule has 0 spiro atoms. The second-order valence-electron chi connectivity index (χ2n) is 9.48. The van der Waals surface area contributed by atoms with Gasteiger partial charge in [0.2, 0.25) is 0 Å². The highest BCUT2D eigenvalue weighted by Crippen LogP contribution is 2.47. The Morgan fingerprint density at radius 1 is 1.05 bits per heavy atom. The number of sulfone groups is 1. The molecule has 1 fully saturated rings. The van der Waals surface area contributed by atoms with Gasteiger partial charge in [0.05, 0.1) is 25.5 Å². The molecular weight excluding hydrogens is 534 g/mol. The van der Waals surface area contributed by atoms with Gasteiger partial charge < -0.3 is 13.9 Å². The van der Waals surface area contributed by atoms with E-state index in [1.165, 1.54) is 17.7 Å². The lowest BCUT2D eigenvalue weighted by molar-refractivity contribution is -0.145. The molecule has 5 rings (SSSR count). The Bertz CT molecular complexity index is 1540. The number of carbonyl (C=O) groups is 1. The van der Waals surface area contributed by atoms with E-state index in [2.05, 4.69) is 4.98 Å². The van der Waals surface area contributed by atoms with Crippen molar-refractivity contribution < 1.29 is 27.1 Å². The van der Waals surface area contributed by atoms with Crippen LogP contribution in [-0.4, -0.2) is 32.2 Å². The number of nitrogens with zero attached hydrogens (tertiary/aromatic N) is 1. The maximum absolute atomic E-state index is 13.5. The number of hydrogen-bond acceptors (Lipinski definition) is 8. The van der Waals surface area contributed by atoms with Crippen LogP contribution < -0.4 is 4.74 Å². The Labute approximate surface area is 232 Å². The van der Waals surface area contributed by atoms with Gasteiger partial charge >= 0.3 is 5.97 Å². The summed E-state index contributed by atoms with van der Waals surface area (Å²) in [5.41, 5.74) is 2.79. The minimum atomic E-state index is -3.56. The first kappa shape index (κ1) is 26.9. The summed E-state index contributed by atoms with van der Waals surface area (Å²) in [6, 6.07) is 19.0. The van der Waals surface area contributed by atoms with E-state index in [-0.39, 0.29) is 18.8 Å². The highest BCUT2D eigenvalue weighted by Gasteiger charge is 2.49. The van der Waals surface area contributed by atoms with Crippen molar-refractivity contribution in [3.8, 4) is 16.2 Å². The number of oxazole rings is 1. The predicted molar refractivity (Wildman–Crippen MR) is 152 cm³/mol. The third kappa shape index (κ3) is 5.99. The van der Waals surface area contributed by atoms with Gasteiger partial charge in [-0.2, -0.15) is 0 Å². The molecule has 39 heavy (non-hydrogen) atoms. The van der Waals surface area contributed by atoms with E-state index >= 15 is 0 Å². The summed E-state index contributed by atoms with van der Waals surface area (Å²) in [4.78, 5) is 18.5. The largest absolute Gasteiger partial charge is 0.497 e. The number of esters is 1. The molecule has 9 heteroatoms. The minimum absolute atomic E-state index is 0.0677. The van der Waals surface area contributed by atoms with Gasteiger partial charge in [0.15, 0.2) is 16.2 Å². The molecule has 2 aromatic carbocycles. The molecule has 0 unspecified atom stereocenters. The maximum atomic E-state index is 13.5. The summed E-state index contributed by atoms with van der Waals surface area (Å²) >= 11 is 1.43. The molecule has 0 aliphatic carbocycles. The zero-order valence-electron chi connectivity index (χ0n) is 21.5. The topological polar surface area (TPSA) is 95.7 Å². The highest BCUT2D eigenvalue weighted by molar-refractivity contribution is 7.92. The molecule has 7 nitrogen and oxygen atoms in total. The molecule has 0 amide bonds. The van der Waals surface area contributed by atoms with Gasteiger partial charge in [-0.1, -0.05) is 48.9 Å². The van der Waals surface area contributed by atoms with Crippen LogP contribution in [0.2, 0.25) is 0 Å². The summed E-state index contributed by atoms with van der Waals surface area (Å²) < 4.78 is 41.7. The van der Waals surface area contributed by atoms with Crippen molar-refractivity contribution in [3.63, 3.8) is 0 Å². The number of benzene rings is 2. The number of aromatic nitrogens is 1. The highest BCUT2D eigenvalue weighted by atomic mass is 32.2. The molecule has 1 aliphatic rings. The van der Waals surface area contributed by atoms with Crippen molar-refractivity contribution in [1.82, 2.24) is 4.98 Å². The fourth-order valence-electron chi connectivity index (χ4n) is 4.77. The normalized spacial score (nSPS) is 18.7. The van der Waals surface area contributed by atoms with Gasteiger partial charge in [-0.3, -0.25) is 4.79 Å². The molecule has 0 saturated carbocycles. The quantitative estimate of drug-likeness (QED) is 0.214. The van der Waals surface area contributed by atoms with Gasteiger partial charge in [-0.15, -0.1) is 11.3 Å². The lowest BCUT2D eigenvalue weighted by Crippen LogP contribution is -2.42. The van der Waals surface area contributed by atoms with Gasteiger partial charge in [-0.25, -0.2) is 13.4 Å². The SMILES string of the molecule is COc1ccc(COC(=O)C[C@]2(c3ccc(-c4ccc(C=Cc5cnco5)cc4)s3)CCCCS2(=O)=O)cc1. The number of ether oxygens (including phenoxy) is 2. The van der Waals surface area contributed by atoms with Crippen LogP contribution in [-0.2, 0) is 30.7 Å². The van der Waals surface area contributed by atoms with Crippen LogP contribution in [0, 0.1) is 0 Å². The van der Waals surface area contributed by atoms with Gasteiger partial charge in [0.1, 0.15) is 22.9 Å². The molecule has 0 bridgehead atoms. The van der Waals surface area contributed by atoms with Crippen LogP contribution in [0.3, 0.4) is 0 Å². The zero-order valence-corrected chi connectivity index (χ0v) is 23.2. The molecule has 0 N–H and O–H groups in total. The van der Waals surface area contributed by atoms with Crippen LogP contribution in [0.1, 0.15) is 47.4 Å². The summed E-state index contributed by atoms with van der Waals surface area (Å²) in [6.07, 6.45) is 8.35. The fourth-order valence-corrected chi connectivity index (χ4v) is 8.54. The lowest BCUT2D eigenvalue weighted by atomic mass is 9.95. The van der Waals surface area contributed by atoms with Gasteiger partial charge in [0, 0.05) is 9.75 Å². The van der Waals surface area contributed by atoms with Crippen molar-refractivity contribution in [2.45, 2.75) is 37.0 Å². The van der Waals surface area contributed by atoms with Crippen LogP contribution >= 0.6 is 11.3 Å². The first-order valence-corrected chi connectivity index (χ1v) is 15.1. The van der Waals surface area contributed by atoms with E-state index in [0.717, 1.165) is 28.0 Å². The Morgan fingerprint density at radius 3 is 2.54 bits per heavy atom. The molecular formula is C30H29NO6S2. The van der Waals surface area contributed by atoms with Crippen molar-refractivity contribution in [3.05, 3.63) is 95.0 Å². The Hall–Kier alpha value is -3.69. The Morgan fingerprint density at radius 2 is 1.85 bits per heavy atom. The number of thiophene rings is 1. The molecule has 0 radical (unpaired) electrons. The molecule has 1 aliphatic heterocycles. The van der Waals surface area contributed by atoms with Crippen molar-refractivity contribution in [2.75, 3.05) is 12.9 Å². The first-order chi connectivity index (χ1) is 18.9. The van der Waals surface area contributed by atoms with Crippen LogP contribution in [0.4, 0.5) is 0 Å². The standard InChI is InChI=1S/C30H29NO6S2/c1-35-25-11-7-23(8-12-25)20-36-29(32)18-30(16-2-3-17-39(30,33)34)28-15-14-27(38-28)24-9-4-22(5-10-24)6-13-26-19-31-21-37-26/h4-15,19,21H,2-3,16-18,20H2,1H3/t30-/m0/s1. The van der Waals surface area contributed by atoms with E-state index < -0.39 is 20.6 Å². The van der Waals surface area contributed by atoms with Crippen molar-refractivity contribution in [1.29, 1.82) is 0 Å². The summed E-state index contributed by atoms with van der Waals surface area (Å²) in [6.45, 7) is 0.0753. The van der Waals surface area contributed by atoms with Crippen LogP contribution in [0.25, 0.3) is 22.6 Å². The molecule has 2 aromatic heterocycles. The fraction of sp³-hybridized carbons (Fsp3) is 0.267. The number of hydrogen-bond donors (Lipinski definition) is 0. The van der Waals surface area contributed by atoms with E-state index in [9.17, 15) is 13.2 Å². The minimum Gasteiger partial charge on any atom is -0.497 e. The third-order valence-corrected chi connectivity index (χ3v) is 11.0.